The number of nitrogens with zero attached hydrogens (tertiary/aromatic N) is 2. The molecule has 0 spiro atoms. The number of esters is 2. The van der Waals surface area contributed by atoms with E-state index >= 15 is 0 Å². The van der Waals surface area contributed by atoms with Crippen LogP contribution in [-0.2, 0) is 31.8 Å². The molecule has 0 fully saturated rings. The van der Waals surface area contributed by atoms with E-state index in [1.807, 2.05) is 114 Å². The molecule has 0 amide bonds. The SMILES string of the molecule is C/C=C/[C@H](O)C(C)(C)[C@H]1C\C=C/C=C\C=C\[C@H](OC)Cc2nc(co2)C(=O)O[C@@H](C(C)(C)[C@@H](O)/C=C/C)C\C=C/C=C\C=C\[C@H](OC)Cc2nc(co2)C(=O)O1. The first-order chi connectivity index (χ1) is 26.8. The summed E-state index contributed by atoms with van der Waals surface area (Å²) in [4.78, 5) is 35.3. The van der Waals surface area contributed by atoms with Crippen LogP contribution in [0.1, 0.15) is 87.1 Å². The second-order valence-electron chi connectivity index (χ2n) is 14.4. The Kier molecular flexibility index (Phi) is 18.4. The quantitative estimate of drug-likeness (QED) is 0.200. The third kappa shape index (κ3) is 13.7. The predicted octanol–water partition coefficient (Wildman–Crippen LogP) is 7.59. The Morgan fingerprint density at radius 1 is 0.661 bits per heavy atom. The molecule has 2 N–H and O–H groups in total. The zero-order valence-electron chi connectivity index (χ0n) is 33.7. The van der Waals surface area contributed by atoms with Crippen LogP contribution in [0.3, 0.4) is 0 Å². The largest absolute Gasteiger partial charge is 0.457 e. The highest BCUT2D eigenvalue weighted by Crippen LogP contribution is 2.33. The molecule has 0 radical (unpaired) electrons. The topological polar surface area (TPSA) is 164 Å². The lowest BCUT2D eigenvalue weighted by Gasteiger charge is -2.36. The molecule has 3 rings (SSSR count). The smallest absolute Gasteiger partial charge is 0.360 e. The molecule has 2 aromatic rings. The lowest BCUT2D eigenvalue weighted by Crippen LogP contribution is -2.42. The average Bonchev–Trinajstić information content (AvgIpc) is 3.85. The van der Waals surface area contributed by atoms with Gasteiger partial charge in [-0.05, 0) is 13.8 Å². The number of allylic oxidation sites excluding steroid dienone is 10. The number of aromatic nitrogens is 2. The normalized spacial score (nSPS) is 26.1. The lowest BCUT2D eigenvalue weighted by atomic mass is 9.79. The van der Waals surface area contributed by atoms with Crippen molar-refractivity contribution in [2.75, 3.05) is 14.2 Å². The van der Waals surface area contributed by atoms with Gasteiger partial charge in [0.1, 0.15) is 24.7 Å². The van der Waals surface area contributed by atoms with Crippen LogP contribution in [0.4, 0.5) is 0 Å². The van der Waals surface area contributed by atoms with Gasteiger partial charge in [-0.15, -0.1) is 0 Å². The van der Waals surface area contributed by atoms with Gasteiger partial charge in [-0.25, -0.2) is 19.6 Å². The molecule has 0 unspecified atom stereocenters. The maximum atomic E-state index is 13.3. The molecule has 0 aromatic carbocycles. The van der Waals surface area contributed by atoms with E-state index in [-0.39, 0.29) is 24.2 Å². The molecule has 0 aliphatic carbocycles. The van der Waals surface area contributed by atoms with Crippen molar-refractivity contribution in [1.29, 1.82) is 0 Å². The molecule has 2 aromatic heterocycles. The number of cyclic esters (lactones) is 2. The van der Waals surface area contributed by atoms with E-state index in [2.05, 4.69) is 9.97 Å². The molecule has 12 nitrogen and oxygen atoms in total. The fourth-order valence-corrected chi connectivity index (χ4v) is 5.62. The number of hydrogen-bond donors (Lipinski definition) is 2. The monoisotopic (exact) mass is 774 g/mol. The number of aliphatic hydroxyl groups excluding tert-OH is 2. The van der Waals surface area contributed by atoms with Crippen molar-refractivity contribution in [1.82, 2.24) is 9.97 Å². The first-order valence-electron chi connectivity index (χ1n) is 18.7. The first kappa shape index (κ1) is 45.5. The van der Waals surface area contributed by atoms with Gasteiger partial charge >= 0.3 is 11.9 Å². The highest BCUT2D eigenvalue weighted by molar-refractivity contribution is 5.87. The van der Waals surface area contributed by atoms with Crippen molar-refractivity contribution in [3.05, 3.63) is 133 Å². The van der Waals surface area contributed by atoms with Crippen molar-refractivity contribution < 1.29 is 47.6 Å². The maximum Gasteiger partial charge on any atom is 0.360 e. The Morgan fingerprint density at radius 3 is 1.39 bits per heavy atom. The molecular weight excluding hydrogens is 716 g/mol. The Bertz CT molecular complexity index is 1640. The summed E-state index contributed by atoms with van der Waals surface area (Å²) in [6.07, 6.45) is 28.4. The Labute approximate surface area is 330 Å². The van der Waals surface area contributed by atoms with Gasteiger partial charge in [0.05, 0.1) is 37.3 Å². The van der Waals surface area contributed by atoms with E-state index in [1.165, 1.54) is 12.5 Å². The number of carbonyl (C=O) groups is 2. The number of oxazole rings is 2. The van der Waals surface area contributed by atoms with Crippen LogP contribution in [0.25, 0.3) is 0 Å². The van der Waals surface area contributed by atoms with Crippen molar-refractivity contribution in [3.63, 3.8) is 0 Å². The zero-order chi connectivity index (χ0) is 41.1. The number of hydrogen-bond acceptors (Lipinski definition) is 12. The minimum Gasteiger partial charge on any atom is -0.457 e. The highest BCUT2D eigenvalue weighted by Gasteiger charge is 2.39. The van der Waals surface area contributed by atoms with Crippen LogP contribution in [0, 0.1) is 10.8 Å². The summed E-state index contributed by atoms with van der Waals surface area (Å²) in [6.45, 7) is 11.0. The van der Waals surface area contributed by atoms with Gasteiger partial charge in [-0.2, -0.15) is 0 Å². The number of rotatable bonds is 8. The van der Waals surface area contributed by atoms with E-state index in [0.29, 0.717) is 24.6 Å². The Balaban J connectivity index is 1.93. The summed E-state index contributed by atoms with van der Waals surface area (Å²) < 4.78 is 34.3. The van der Waals surface area contributed by atoms with Crippen LogP contribution in [0.5, 0.6) is 0 Å². The van der Waals surface area contributed by atoms with Gasteiger partial charge in [-0.3, -0.25) is 0 Å². The van der Waals surface area contributed by atoms with E-state index < -0.39 is 59.4 Å². The Morgan fingerprint density at radius 2 is 1.04 bits per heavy atom. The molecule has 6 atom stereocenters. The van der Waals surface area contributed by atoms with Gasteiger partial charge in [0, 0.05) is 37.9 Å². The van der Waals surface area contributed by atoms with Crippen molar-refractivity contribution >= 4 is 11.9 Å². The van der Waals surface area contributed by atoms with Gasteiger partial charge < -0.3 is 38.0 Å². The number of fused-ring (bicyclic) bond motifs is 4. The van der Waals surface area contributed by atoms with E-state index in [0.717, 1.165) is 0 Å². The summed E-state index contributed by atoms with van der Waals surface area (Å²) in [7, 11) is 3.12. The third-order valence-electron chi connectivity index (χ3n) is 9.60. The standard InChI is InChI=1S/C44H58N2O10/c1-9-21-35(47)43(3,4)37-25-19-15-11-13-17-23-32(52-8)28-40-46-34(30-54-40)42(50)56-38(44(5,6)36(48)22-10-2)26-20-16-12-14-18-24-31(51-7)27-39-45-33(29-53-39)41(49)55-37/h9-24,29-32,35-38,47-48H,25-28H2,1-8H3/b13-11-,14-12-,19-15-,20-16-,21-9+,22-10+,23-17+,24-18+/t31-,32-,35-,36-,37+,38+/m0/s1. The van der Waals surface area contributed by atoms with Crippen LogP contribution < -0.4 is 0 Å². The number of ether oxygens (including phenoxy) is 4. The maximum absolute atomic E-state index is 13.3. The van der Waals surface area contributed by atoms with Gasteiger partial charge in [0.25, 0.3) is 0 Å². The summed E-state index contributed by atoms with van der Waals surface area (Å²) >= 11 is 0. The second kappa shape index (κ2) is 22.6. The lowest BCUT2D eigenvalue weighted by molar-refractivity contribution is -0.0461. The molecule has 4 bridgehead atoms. The molecule has 0 saturated carbocycles. The molecule has 1 aliphatic rings. The molecule has 56 heavy (non-hydrogen) atoms. The van der Waals surface area contributed by atoms with Crippen LogP contribution in [-0.4, -0.2) is 83.0 Å². The minimum atomic E-state index is -0.880. The molecular formula is C44H58N2O10. The molecule has 3 heterocycles. The highest BCUT2D eigenvalue weighted by atomic mass is 16.6. The van der Waals surface area contributed by atoms with E-state index in [1.54, 1.807) is 38.5 Å². The zero-order valence-corrected chi connectivity index (χ0v) is 33.7. The fraction of sp³-hybridized carbons (Fsp3) is 0.455. The van der Waals surface area contributed by atoms with Crippen LogP contribution in [0.15, 0.2) is 119 Å². The summed E-state index contributed by atoms with van der Waals surface area (Å²) in [5.41, 5.74) is -1.66. The molecule has 0 saturated heterocycles. The molecule has 1 aliphatic heterocycles. The molecule has 12 heteroatoms. The van der Waals surface area contributed by atoms with Gasteiger partial charge in [-0.1, -0.05) is 125 Å². The van der Waals surface area contributed by atoms with Crippen LogP contribution in [0.2, 0.25) is 0 Å². The fourth-order valence-electron chi connectivity index (χ4n) is 5.62. The van der Waals surface area contributed by atoms with E-state index in [4.69, 9.17) is 27.8 Å². The first-order valence-corrected chi connectivity index (χ1v) is 18.7. The minimum absolute atomic E-state index is 0.0120. The average molecular weight is 775 g/mol. The third-order valence-corrected chi connectivity index (χ3v) is 9.60. The summed E-state index contributed by atoms with van der Waals surface area (Å²) in [6, 6.07) is 0. The van der Waals surface area contributed by atoms with Crippen LogP contribution >= 0.6 is 0 Å². The van der Waals surface area contributed by atoms with Crippen molar-refractivity contribution in [2.45, 2.75) is 104 Å². The van der Waals surface area contributed by atoms with Gasteiger partial charge in [0.15, 0.2) is 23.2 Å². The number of carbonyl (C=O) groups excluding carboxylic acids is 2. The Hall–Kier alpha value is -4.88. The summed E-state index contributed by atoms with van der Waals surface area (Å²) in [5.74, 6) is -0.754. The van der Waals surface area contributed by atoms with Crippen molar-refractivity contribution in [2.24, 2.45) is 10.8 Å². The van der Waals surface area contributed by atoms with Crippen molar-refractivity contribution in [3.8, 4) is 0 Å². The van der Waals surface area contributed by atoms with E-state index in [9.17, 15) is 19.8 Å². The van der Waals surface area contributed by atoms with Gasteiger partial charge in [0.2, 0.25) is 0 Å². The number of methoxy groups -OCH3 is 2. The molecule has 304 valence electrons. The second-order valence-corrected chi connectivity index (χ2v) is 14.4. The summed E-state index contributed by atoms with van der Waals surface area (Å²) in [5, 5.41) is 21.8. The predicted molar refractivity (Wildman–Crippen MR) is 214 cm³/mol. The number of aliphatic hydroxyl groups is 2.